The van der Waals surface area contributed by atoms with Gasteiger partial charge >= 0.3 is 6.09 Å². The molecule has 0 unspecified atom stereocenters. The van der Waals surface area contributed by atoms with Gasteiger partial charge in [-0.25, -0.2) is 4.79 Å². The van der Waals surface area contributed by atoms with Crippen molar-refractivity contribution in [1.82, 2.24) is 9.80 Å². The van der Waals surface area contributed by atoms with Gasteiger partial charge in [-0.2, -0.15) is 0 Å². The molecular formula is C15H22N2O4. The molecule has 3 aliphatic rings. The quantitative estimate of drug-likeness (QED) is 0.738. The zero-order valence-corrected chi connectivity index (χ0v) is 12.3. The molecule has 2 aliphatic heterocycles. The molecule has 2 heterocycles. The van der Waals surface area contributed by atoms with Crippen molar-refractivity contribution in [1.29, 1.82) is 0 Å². The number of nitrogens with zero attached hydrogens (tertiary/aromatic N) is 2. The SMILES string of the molecule is O=C1OCCN1CCCN1C(=O)CC2(CCCCC2)C1=O. The highest BCUT2D eigenvalue weighted by Crippen LogP contribution is 2.45. The second-order valence-corrected chi connectivity index (χ2v) is 6.32. The second kappa shape index (κ2) is 5.66. The minimum Gasteiger partial charge on any atom is -0.448 e. The van der Waals surface area contributed by atoms with Gasteiger partial charge in [-0.1, -0.05) is 19.3 Å². The average molecular weight is 294 g/mol. The highest BCUT2D eigenvalue weighted by Gasteiger charge is 2.51. The van der Waals surface area contributed by atoms with Gasteiger partial charge < -0.3 is 9.64 Å². The van der Waals surface area contributed by atoms with E-state index >= 15 is 0 Å². The maximum Gasteiger partial charge on any atom is 0.409 e. The molecule has 0 aromatic carbocycles. The zero-order chi connectivity index (χ0) is 14.9. The molecule has 3 amide bonds. The van der Waals surface area contributed by atoms with Crippen molar-refractivity contribution in [2.75, 3.05) is 26.2 Å². The Morgan fingerprint density at radius 2 is 1.81 bits per heavy atom. The fourth-order valence-corrected chi connectivity index (χ4v) is 3.75. The Labute approximate surface area is 124 Å². The summed E-state index contributed by atoms with van der Waals surface area (Å²) in [6.45, 7) is 2.00. The molecule has 6 heteroatoms. The molecule has 0 bridgehead atoms. The molecule has 0 radical (unpaired) electrons. The standard InChI is InChI=1S/C15H22N2O4/c18-12-11-15(5-2-1-3-6-15)13(19)17(12)8-4-7-16-9-10-21-14(16)20/h1-11H2. The Morgan fingerprint density at radius 3 is 2.48 bits per heavy atom. The van der Waals surface area contributed by atoms with Crippen LogP contribution in [0.3, 0.4) is 0 Å². The molecule has 0 aromatic rings. The van der Waals surface area contributed by atoms with Crippen molar-refractivity contribution in [2.24, 2.45) is 5.41 Å². The number of hydrogen-bond acceptors (Lipinski definition) is 4. The Morgan fingerprint density at radius 1 is 1.05 bits per heavy atom. The first kappa shape index (κ1) is 14.4. The van der Waals surface area contributed by atoms with E-state index in [1.807, 2.05) is 0 Å². The first-order valence-electron chi connectivity index (χ1n) is 7.89. The summed E-state index contributed by atoms with van der Waals surface area (Å²) in [6, 6.07) is 0. The Balaban J connectivity index is 1.54. The normalized spacial score (nSPS) is 25.0. The second-order valence-electron chi connectivity index (χ2n) is 6.32. The van der Waals surface area contributed by atoms with Crippen LogP contribution >= 0.6 is 0 Å². The van der Waals surface area contributed by atoms with Gasteiger partial charge in [0, 0.05) is 19.5 Å². The lowest BCUT2D eigenvalue weighted by Crippen LogP contribution is -2.38. The van der Waals surface area contributed by atoms with Crippen LogP contribution in [0.15, 0.2) is 0 Å². The minimum atomic E-state index is -0.401. The van der Waals surface area contributed by atoms with Crippen molar-refractivity contribution >= 4 is 17.9 Å². The van der Waals surface area contributed by atoms with E-state index in [1.54, 1.807) is 4.90 Å². The van der Waals surface area contributed by atoms with Crippen LogP contribution in [0.5, 0.6) is 0 Å². The van der Waals surface area contributed by atoms with E-state index < -0.39 is 5.41 Å². The van der Waals surface area contributed by atoms with Crippen LogP contribution in [-0.2, 0) is 14.3 Å². The fourth-order valence-electron chi connectivity index (χ4n) is 3.75. The van der Waals surface area contributed by atoms with E-state index in [4.69, 9.17) is 4.74 Å². The van der Waals surface area contributed by atoms with Crippen LogP contribution in [-0.4, -0.2) is 53.9 Å². The first-order valence-corrected chi connectivity index (χ1v) is 7.89. The van der Waals surface area contributed by atoms with E-state index in [0.717, 1.165) is 25.7 Å². The number of carbonyl (C=O) groups is 3. The summed E-state index contributed by atoms with van der Waals surface area (Å²) in [4.78, 5) is 39.1. The van der Waals surface area contributed by atoms with Gasteiger partial charge in [-0.3, -0.25) is 14.5 Å². The van der Waals surface area contributed by atoms with Crippen LogP contribution in [0.25, 0.3) is 0 Å². The van der Waals surface area contributed by atoms with Crippen molar-refractivity contribution in [3.05, 3.63) is 0 Å². The smallest absolute Gasteiger partial charge is 0.409 e. The van der Waals surface area contributed by atoms with Gasteiger partial charge in [0.2, 0.25) is 11.8 Å². The molecule has 6 nitrogen and oxygen atoms in total. The van der Waals surface area contributed by atoms with Gasteiger partial charge in [0.05, 0.1) is 12.0 Å². The van der Waals surface area contributed by atoms with Crippen molar-refractivity contribution < 1.29 is 19.1 Å². The lowest BCUT2D eigenvalue weighted by atomic mass is 9.73. The minimum absolute atomic E-state index is 0.0243. The van der Waals surface area contributed by atoms with Gasteiger partial charge in [-0.05, 0) is 19.3 Å². The summed E-state index contributed by atoms with van der Waals surface area (Å²) >= 11 is 0. The highest BCUT2D eigenvalue weighted by molar-refractivity contribution is 6.05. The molecule has 3 rings (SSSR count). The number of likely N-dealkylation sites (tertiary alicyclic amines) is 1. The Kier molecular flexibility index (Phi) is 3.87. The molecule has 1 spiro atoms. The van der Waals surface area contributed by atoms with Gasteiger partial charge in [0.1, 0.15) is 6.61 Å². The Bertz CT molecular complexity index is 457. The zero-order valence-electron chi connectivity index (χ0n) is 12.3. The number of amides is 3. The third-order valence-electron chi connectivity index (χ3n) is 4.95. The molecule has 1 saturated carbocycles. The maximum atomic E-state index is 12.6. The van der Waals surface area contributed by atoms with Gasteiger partial charge in [-0.15, -0.1) is 0 Å². The van der Waals surface area contributed by atoms with E-state index in [2.05, 4.69) is 0 Å². The molecule has 3 fully saturated rings. The molecule has 0 N–H and O–H groups in total. The fraction of sp³-hybridized carbons (Fsp3) is 0.800. The molecule has 1 aliphatic carbocycles. The monoisotopic (exact) mass is 294 g/mol. The molecule has 0 aromatic heterocycles. The van der Waals surface area contributed by atoms with Gasteiger partial charge in [0.15, 0.2) is 0 Å². The highest BCUT2D eigenvalue weighted by atomic mass is 16.6. The summed E-state index contributed by atoms with van der Waals surface area (Å²) in [5.41, 5.74) is -0.401. The number of hydrogen-bond donors (Lipinski definition) is 0. The topological polar surface area (TPSA) is 66.9 Å². The lowest BCUT2D eigenvalue weighted by Gasteiger charge is -2.30. The van der Waals surface area contributed by atoms with E-state index in [-0.39, 0.29) is 17.9 Å². The lowest BCUT2D eigenvalue weighted by molar-refractivity contribution is -0.142. The molecule has 21 heavy (non-hydrogen) atoms. The third kappa shape index (κ3) is 2.63. The summed E-state index contributed by atoms with van der Waals surface area (Å²) < 4.78 is 4.86. The van der Waals surface area contributed by atoms with Crippen LogP contribution in [0.4, 0.5) is 4.79 Å². The van der Waals surface area contributed by atoms with E-state index in [0.29, 0.717) is 39.1 Å². The van der Waals surface area contributed by atoms with Crippen molar-refractivity contribution in [3.8, 4) is 0 Å². The van der Waals surface area contributed by atoms with Crippen LogP contribution < -0.4 is 0 Å². The number of imide groups is 1. The summed E-state index contributed by atoms with van der Waals surface area (Å²) in [5, 5.41) is 0. The van der Waals surface area contributed by atoms with Crippen molar-refractivity contribution in [3.63, 3.8) is 0 Å². The third-order valence-corrected chi connectivity index (χ3v) is 4.95. The van der Waals surface area contributed by atoms with Crippen LogP contribution in [0.2, 0.25) is 0 Å². The van der Waals surface area contributed by atoms with E-state index in [1.165, 1.54) is 11.3 Å². The van der Waals surface area contributed by atoms with Gasteiger partial charge in [0.25, 0.3) is 0 Å². The van der Waals surface area contributed by atoms with Crippen molar-refractivity contribution in [2.45, 2.75) is 44.9 Å². The summed E-state index contributed by atoms with van der Waals surface area (Å²) in [7, 11) is 0. The largest absolute Gasteiger partial charge is 0.448 e. The predicted molar refractivity (Wildman–Crippen MR) is 74.4 cm³/mol. The first-order chi connectivity index (χ1) is 10.1. The van der Waals surface area contributed by atoms with Crippen LogP contribution in [0.1, 0.15) is 44.9 Å². The van der Waals surface area contributed by atoms with E-state index in [9.17, 15) is 14.4 Å². The number of ether oxygens (including phenoxy) is 1. The average Bonchev–Trinajstić information content (AvgIpc) is 2.97. The number of cyclic esters (lactones) is 1. The number of carbonyl (C=O) groups excluding carboxylic acids is 3. The molecule has 116 valence electrons. The molecule has 0 atom stereocenters. The predicted octanol–water partition coefficient (Wildman–Crippen LogP) is 1.54. The van der Waals surface area contributed by atoms with Crippen LogP contribution in [0, 0.1) is 5.41 Å². The molecule has 2 saturated heterocycles. The molecular weight excluding hydrogens is 272 g/mol. The summed E-state index contributed by atoms with van der Waals surface area (Å²) in [5.74, 6) is -0.0119. The maximum absolute atomic E-state index is 12.6. The summed E-state index contributed by atoms with van der Waals surface area (Å²) in [6.07, 6.45) is 5.69. The Hall–Kier alpha value is -1.59. The number of rotatable bonds is 4.